The molecule has 6 heteroatoms. The summed E-state index contributed by atoms with van der Waals surface area (Å²) in [5.41, 5.74) is -0.149. The quantitative estimate of drug-likeness (QED) is 0.749. The van der Waals surface area contributed by atoms with Gasteiger partial charge in [0.25, 0.3) is 0 Å². The minimum Gasteiger partial charge on any atom is -0.478 e. The molecule has 5 nitrogen and oxygen atoms in total. The van der Waals surface area contributed by atoms with Gasteiger partial charge < -0.3 is 15.7 Å². The van der Waals surface area contributed by atoms with E-state index >= 15 is 0 Å². The van der Waals surface area contributed by atoms with Crippen LogP contribution in [0.4, 0.5) is 10.1 Å². The third kappa shape index (κ3) is 2.84. The fraction of sp³-hybridized carbons (Fsp3) is 0.333. The molecule has 0 spiro atoms. The number of nitrogens with one attached hydrogen (secondary N) is 2. The van der Waals surface area contributed by atoms with Gasteiger partial charge in [0.15, 0.2) is 0 Å². The number of carbonyl (C=O) groups excluding carboxylic acids is 1. The molecule has 1 aromatic carbocycles. The lowest BCUT2D eigenvalue weighted by Crippen LogP contribution is -2.43. The van der Waals surface area contributed by atoms with Gasteiger partial charge in [0, 0.05) is 12.1 Å². The molecule has 1 aliphatic heterocycles. The van der Waals surface area contributed by atoms with Gasteiger partial charge in [0.2, 0.25) is 5.91 Å². The summed E-state index contributed by atoms with van der Waals surface area (Å²) in [5.74, 6) is -2.04. The fourth-order valence-corrected chi connectivity index (χ4v) is 1.73. The summed E-state index contributed by atoms with van der Waals surface area (Å²) in [6, 6.07) is 3.50. The Bertz CT molecular complexity index is 486. The molecule has 0 bridgehead atoms. The number of hydrogen-bond donors (Lipinski definition) is 3. The van der Waals surface area contributed by atoms with E-state index in [1.807, 2.05) is 0 Å². The predicted molar refractivity (Wildman–Crippen MR) is 63.0 cm³/mol. The average molecular weight is 252 g/mol. The molecule has 1 amide bonds. The Labute approximate surface area is 103 Å². The standard InChI is InChI=1S/C12H13FN2O3/c13-10-2-1-8(4-9(10)12(17)18)15-11(16)3-7-5-14-6-7/h1-2,4,7,14H,3,5-6H2,(H,15,16)(H,17,18). The third-order valence-electron chi connectivity index (χ3n) is 2.82. The highest BCUT2D eigenvalue weighted by Crippen LogP contribution is 2.16. The molecule has 96 valence electrons. The van der Waals surface area contributed by atoms with Gasteiger partial charge in [-0.2, -0.15) is 0 Å². The van der Waals surface area contributed by atoms with Crippen molar-refractivity contribution in [3.8, 4) is 0 Å². The zero-order valence-electron chi connectivity index (χ0n) is 9.57. The van der Waals surface area contributed by atoms with Crippen LogP contribution < -0.4 is 10.6 Å². The van der Waals surface area contributed by atoms with Crippen molar-refractivity contribution in [3.63, 3.8) is 0 Å². The van der Waals surface area contributed by atoms with Crippen LogP contribution >= 0.6 is 0 Å². The fourth-order valence-electron chi connectivity index (χ4n) is 1.73. The van der Waals surface area contributed by atoms with Crippen molar-refractivity contribution in [2.75, 3.05) is 18.4 Å². The lowest BCUT2D eigenvalue weighted by molar-refractivity contribution is -0.117. The van der Waals surface area contributed by atoms with E-state index < -0.39 is 17.3 Å². The Morgan fingerprint density at radius 3 is 2.72 bits per heavy atom. The highest BCUT2D eigenvalue weighted by molar-refractivity contribution is 5.94. The Balaban J connectivity index is 2.02. The summed E-state index contributed by atoms with van der Waals surface area (Å²) in [6.45, 7) is 1.63. The second kappa shape index (κ2) is 5.14. The van der Waals surface area contributed by atoms with E-state index in [1.165, 1.54) is 6.07 Å². The van der Waals surface area contributed by atoms with Gasteiger partial charge >= 0.3 is 5.97 Å². The molecule has 1 fully saturated rings. The van der Waals surface area contributed by atoms with E-state index in [0.29, 0.717) is 18.0 Å². The van der Waals surface area contributed by atoms with Crippen molar-refractivity contribution in [2.24, 2.45) is 5.92 Å². The summed E-state index contributed by atoms with van der Waals surface area (Å²) >= 11 is 0. The van der Waals surface area contributed by atoms with Crippen molar-refractivity contribution in [3.05, 3.63) is 29.6 Å². The van der Waals surface area contributed by atoms with Gasteiger partial charge in [-0.25, -0.2) is 9.18 Å². The molecule has 1 aromatic rings. The molecule has 0 aliphatic carbocycles. The van der Waals surface area contributed by atoms with Crippen molar-refractivity contribution in [2.45, 2.75) is 6.42 Å². The number of benzene rings is 1. The van der Waals surface area contributed by atoms with Crippen LogP contribution in [0.2, 0.25) is 0 Å². The molecular weight excluding hydrogens is 239 g/mol. The molecule has 0 saturated carbocycles. The first-order chi connectivity index (χ1) is 8.56. The third-order valence-corrected chi connectivity index (χ3v) is 2.82. The van der Waals surface area contributed by atoms with Crippen LogP contribution in [0.1, 0.15) is 16.8 Å². The Hall–Kier alpha value is -1.95. The summed E-state index contributed by atoms with van der Waals surface area (Å²) in [6.07, 6.45) is 0.382. The Morgan fingerprint density at radius 1 is 1.44 bits per heavy atom. The lowest BCUT2D eigenvalue weighted by Gasteiger charge is -2.26. The topological polar surface area (TPSA) is 78.4 Å². The maximum atomic E-state index is 13.1. The number of carboxylic acid groups (broad SMARTS) is 1. The second-order valence-electron chi connectivity index (χ2n) is 4.28. The smallest absolute Gasteiger partial charge is 0.338 e. The normalized spacial score (nSPS) is 14.9. The average Bonchev–Trinajstić information content (AvgIpc) is 2.26. The molecule has 1 heterocycles. The SMILES string of the molecule is O=C(CC1CNC1)Nc1ccc(F)c(C(=O)O)c1. The van der Waals surface area contributed by atoms with E-state index in [4.69, 9.17) is 5.11 Å². The van der Waals surface area contributed by atoms with Crippen LogP contribution in [0.25, 0.3) is 0 Å². The van der Waals surface area contributed by atoms with Gasteiger partial charge in [-0.3, -0.25) is 4.79 Å². The molecule has 1 aliphatic rings. The molecular formula is C12H13FN2O3. The summed E-state index contributed by atoms with van der Waals surface area (Å²) in [7, 11) is 0. The Morgan fingerprint density at radius 2 is 2.17 bits per heavy atom. The highest BCUT2D eigenvalue weighted by atomic mass is 19.1. The van der Waals surface area contributed by atoms with Crippen LogP contribution in [0.5, 0.6) is 0 Å². The molecule has 0 atom stereocenters. The van der Waals surface area contributed by atoms with Gasteiger partial charge in [-0.15, -0.1) is 0 Å². The number of halogens is 1. The predicted octanol–water partition coefficient (Wildman–Crippen LogP) is 1.07. The number of aromatic carboxylic acids is 1. The molecule has 0 radical (unpaired) electrons. The number of amides is 1. The number of carboxylic acids is 1. The second-order valence-corrected chi connectivity index (χ2v) is 4.28. The Kier molecular flexibility index (Phi) is 3.57. The van der Waals surface area contributed by atoms with Crippen molar-refractivity contribution in [1.82, 2.24) is 5.32 Å². The molecule has 1 saturated heterocycles. The van der Waals surface area contributed by atoms with E-state index in [-0.39, 0.29) is 5.91 Å². The van der Waals surface area contributed by atoms with E-state index in [0.717, 1.165) is 25.2 Å². The first-order valence-electron chi connectivity index (χ1n) is 5.59. The van der Waals surface area contributed by atoms with Gasteiger partial charge in [-0.1, -0.05) is 0 Å². The number of anilines is 1. The number of hydrogen-bond acceptors (Lipinski definition) is 3. The zero-order valence-corrected chi connectivity index (χ0v) is 9.57. The maximum absolute atomic E-state index is 13.1. The summed E-state index contributed by atoms with van der Waals surface area (Å²) in [4.78, 5) is 22.3. The highest BCUT2D eigenvalue weighted by Gasteiger charge is 2.20. The lowest BCUT2D eigenvalue weighted by atomic mass is 9.99. The minimum absolute atomic E-state index is 0.190. The summed E-state index contributed by atoms with van der Waals surface area (Å²) in [5, 5.41) is 14.4. The zero-order chi connectivity index (χ0) is 13.1. The van der Waals surface area contributed by atoms with E-state index in [1.54, 1.807) is 0 Å². The van der Waals surface area contributed by atoms with Crippen molar-refractivity contribution >= 4 is 17.6 Å². The number of carbonyl (C=O) groups is 2. The van der Waals surface area contributed by atoms with Crippen LogP contribution in [0.3, 0.4) is 0 Å². The molecule has 0 aromatic heterocycles. The van der Waals surface area contributed by atoms with Gasteiger partial charge in [-0.05, 0) is 37.2 Å². The minimum atomic E-state index is -1.35. The van der Waals surface area contributed by atoms with Gasteiger partial charge in [0.05, 0.1) is 5.56 Å². The first-order valence-corrected chi connectivity index (χ1v) is 5.59. The van der Waals surface area contributed by atoms with Crippen molar-refractivity contribution in [1.29, 1.82) is 0 Å². The van der Waals surface area contributed by atoms with Crippen LogP contribution in [0, 0.1) is 11.7 Å². The molecule has 3 N–H and O–H groups in total. The largest absolute Gasteiger partial charge is 0.478 e. The molecule has 18 heavy (non-hydrogen) atoms. The van der Waals surface area contributed by atoms with Crippen LogP contribution in [0.15, 0.2) is 18.2 Å². The van der Waals surface area contributed by atoms with Crippen LogP contribution in [-0.4, -0.2) is 30.1 Å². The van der Waals surface area contributed by atoms with E-state index in [9.17, 15) is 14.0 Å². The van der Waals surface area contributed by atoms with Crippen LogP contribution in [-0.2, 0) is 4.79 Å². The van der Waals surface area contributed by atoms with E-state index in [2.05, 4.69) is 10.6 Å². The molecule has 0 unspecified atom stereocenters. The van der Waals surface area contributed by atoms with Gasteiger partial charge in [0.1, 0.15) is 5.82 Å². The summed E-state index contributed by atoms with van der Waals surface area (Å²) < 4.78 is 13.1. The first kappa shape index (κ1) is 12.5. The number of rotatable bonds is 4. The maximum Gasteiger partial charge on any atom is 0.338 e. The molecule has 2 rings (SSSR count). The monoisotopic (exact) mass is 252 g/mol. The van der Waals surface area contributed by atoms with Crippen molar-refractivity contribution < 1.29 is 19.1 Å².